The van der Waals surface area contributed by atoms with Gasteiger partial charge in [-0.2, -0.15) is 10.2 Å². The fraction of sp³-hybridized carbons (Fsp3) is 0.533. The van der Waals surface area contributed by atoms with Crippen LogP contribution < -0.4 is 10.6 Å². The van der Waals surface area contributed by atoms with Crippen molar-refractivity contribution in [1.82, 2.24) is 25.7 Å². The van der Waals surface area contributed by atoms with Crippen molar-refractivity contribution >= 4 is 11.7 Å². The number of amides is 1. The number of aromatic nitrogens is 4. The van der Waals surface area contributed by atoms with Gasteiger partial charge in [0.25, 0.3) is 5.91 Å². The Morgan fingerprint density at radius 1 is 1.32 bits per heavy atom. The number of nitrogens with zero attached hydrogens (tertiary/aromatic N) is 2. The van der Waals surface area contributed by atoms with Crippen molar-refractivity contribution in [2.75, 3.05) is 11.9 Å². The van der Waals surface area contributed by atoms with Crippen LogP contribution in [0.25, 0.3) is 0 Å². The van der Waals surface area contributed by atoms with Gasteiger partial charge in [0.1, 0.15) is 0 Å². The van der Waals surface area contributed by atoms with Crippen molar-refractivity contribution < 1.29 is 4.79 Å². The van der Waals surface area contributed by atoms with Crippen LogP contribution in [0, 0.1) is 5.41 Å². The summed E-state index contributed by atoms with van der Waals surface area (Å²) in [5, 5.41) is 20.3. The topological polar surface area (TPSA) is 98.5 Å². The maximum absolute atomic E-state index is 12.4. The normalized spacial score (nSPS) is 14.7. The molecule has 0 bridgehead atoms. The van der Waals surface area contributed by atoms with Crippen LogP contribution in [0.5, 0.6) is 0 Å². The lowest BCUT2D eigenvalue weighted by Crippen LogP contribution is -2.25. The van der Waals surface area contributed by atoms with Crippen LogP contribution in [0.3, 0.4) is 0 Å². The van der Waals surface area contributed by atoms with Gasteiger partial charge < -0.3 is 10.6 Å². The Kier molecular flexibility index (Phi) is 3.74. The van der Waals surface area contributed by atoms with E-state index in [2.05, 4.69) is 51.8 Å². The van der Waals surface area contributed by atoms with Crippen molar-refractivity contribution in [2.24, 2.45) is 5.41 Å². The van der Waals surface area contributed by atoms with Crippen molar-refractivity contribution in [2.45, 2.75) is 40.2 Å². The van der Waals surface area contributed by atoms with Crippen molar-refractivity contribution in [1.29, 1.82) is 0 Å². The lowest BCUT2D eigenvalue weighted by molar-refractivity contribution is 0.102. The number of nitrogens with one attached hydrogen (secondary N) is 4. The molecule has 1 aliphatic heterocycles. The third-order valence-corrected chi connectivity index (χ3v) is 3.61. The Labute approximate surface area is 129 Å². The highest BCUT2D eigenvalue weighted by Crippen LogP contribution is 2.21. The molecule has 7 nitrogen and oxygen atoms in total. The molecule has 0 aromatic carbocycles. The number of H-pyrrole nitrogens is 2. The number of rotatable bonds is 3. The monoisotopic (exact) mass is 302 g/mol. The van der Waals surface area contributed by atoms with E-state index in [4.69, 9.17) is 0 Å². The molecule has 1 aliphatic rings. The molecule has 7 heteroatoms. The van der Waals surface area contributed by atoms with Crippen LogP contribution in [0.4, 0.5) is 5.82 Å². The van der Waals surface area contributed by atoms with Crippen molar-refractivity contribution in [3.8, 4) is 0 Å². The highest BCUT2D eigenvalue weighted by atomic mass is 16.2. The summed E-state index contributed by atoms with van der Waals surface area (Å²) in [6.45, 7) is 8.06. The molecule has 118 valence electrons. The first-order valence-electron chi connectivity index (χ1n) is 7.55. The van der Waals surface area contributed by atoms with Gasteiger partial charge in [-0.3, -0.25) is 15.0 Å². The van der Waals surface area contributed by atoms with Crippen molar-refractivity contribution in [3.05, 3.63) is 28.7 Å². The highest BCUT2D eigenvalue weighted by Gasteiger charge is 2.22. The Morgan fingerprint density at radius 3 is 2.91 bits per heavy atom. The van der Waals surface area contributed by atoms with Gasteiger partial charge in [-0.25, -0.2) is 0 Å². The molecular formula is C15H22N6O. The van der Waals surface area contributed by atoms with E-state index >= 15 is 0 Å². The minimum absolute atomic E-state index is 0.167. The Hall–Kier alpha value is -2.15. The smallest absolute Gasteiger partial charge is 0.277 e. The van der Waals surface area contributed by atoms with E-state index in [0.29, 0.717) is 18.1 Å². The van der Waals surface area contributed by atoms with Crippen LogP contribution in [0.2, 0.25) is 0 Å². The first-order valence-corrected chi connectivity index (χ1v) is 7.55. The minimum atomic E-state index is -0.227. The molecule has 0 atom stereocenters. The second-order valence-electron chi connectivity index (χ2n) is 6.93. The largest absolute Gasteiger partial charge is 0.312 e. The Bertz CT molecular complexity index is 679. The van der Waals surface area contributed by atoms with E-state index in [-0.39, 0.29) is 11.3 Å². The van der Waals surface area contributed by atoms with Gasteiger partial charge in [0.2, 0.25) is 0 Å². The van der Waals surface area contributed by atoms with E-state index in [1.807, 2.05) is 6.07 Å². The van der Waals surface area contributed by atoms with E-state index in [1.165, 1.54) is 0 Å². The first-order chi connectivity index (χ1) is 10.4. The molecule has 0 radical (unpaired) electrons. The molecule has 4 N–H and O–H groups in total. The molecule has 2 aromatic rings. The van der Waals surface area contributed by atoms with E-state index < -0.39 is 0 Å². The summed E-state index contributed by atoms with van der Waals surface area (Å²) < 4.78 is 0. The molecule has 0 aliphatic carbocycles. The predicted molar refractivity (Wildman–Crippen MR) is 83.7 cm³/mol. The molecule has 22 heavy (non-hydrogen) atoms. The molecule has 0 saturated heterocycles. The molecule has 0 spiro atoms. The fourth-order valence-electron chi connectivity index (χ4n) is 2.68. The average Bonchev–Trinajstić information content (AvgIpc) is 3.03. The fourth-order valence-corrected chi connectivity index (χ4v) is 2.68. The van der Waals surface area contributed by atoms with Gasteiger partial charge in [0.15, 0.2) is 11.5 Å². The maximum Gasteiger partial charge on any atom is 0.277 e. The summed E-state index contributed by atoms with van der Waals surface area (Å²) in [6, 6.07) is 1.88. The van der Waals surface area contributed by atoms with Crippen LogP contribution in [0.1, 0.15) is 48.2 Å². The first kappa shape index (κ1) is 14.8. The number of fused-ring (bicyclic) bond motifs is 1. The number of carbonyl (C=O) groups is 1. The Balaban J connectivity index is 1.71. The SMILES string of the molecule is CC(C)(C)Cc1cc(NC(=O)c2n[nH]c3c2CNCC3)n[nH]1. The maximum atomic E-state index is 12.4. The van der Waals surface area contributed by atoms with E-state index in [0.717, 1.165) is 36.3 Å². The lowest BCUT2D eigenvalue weighted by Gasteiger charge is -2.15. The zero-order valence-electron chi connectivity index (χ0n) is 13.2. The van der Waals surface area contributed by atoms with Gasteiger partial charge in [-0.1, -0.05) is 20.8 Å². The third kappa shape index (κ3) is 3.19. The third-order valence-electron chi connectivity index (χ3n) is 3.61. The number of anilines is 1. The molecule has 0 saturated carbocycles. The predicted octanol–water partition coefficient (Wildman–Crippen LogP) is 1.62. The van der Waals surface area contributed by atoms with E-state index in [1.54, 1.807) is 0 Å². The quantitative estimate of drug-likeness (QED) is 0.692. The number of hydrogen-bond acceptors (Lipinski definition) is 4. The summed E-state index contributed by atoms with van der Waals surface area (Å²) in [6.07, 6.45) is 1.74. The Morgan fingerprint density at radius 2 is 2.14 bits per heavy atom. The van der Waals surface area contributed by atoms with Crippen LogP contribution in [0.15, 0.2) is 6.07 Å². The molecule has 3 heterocycles. The van der Waals surface area contributed by atoms with Gasteiger partial charge >= 0.3 is 0 Å². The summed E-state index contributed by atoms with van der Waals surface area (Å²) >= 11 is 0. The molecule has 1 amide bonds. The summed E-state index contributed by atoms with van der Waals surface area (Å²) in [7, 11) is 0. The summed E-state index contributed by atoms with van der Waals surface area (Å²) in [5.74, 6) is 0.305. The zero-order valence-corrected chi connectivity index (χ0v) is 13.2. The highest BCUT2D eigenvalue weighted by molar-refractivity contribution is 6.03. The summed E-state index contributed by atoms with van der Waals surface area (Å²) in [4.78, 5) is 12.4. The van der Waals surface area contributed by atoms with Gasteiger partial charge in [-0.05, 0) is 11.8 Å². The molecule has 3 rings (SSSR count). The molecular weight excluding hydrogens is 280 g/mol. The number of aromatic amines is 2. The van der Waals surface area contributed by atoms with Gasteiger partial charge in [0, 0.05) is 42.5 Å². The van der Waals surface area contributed by atoms with Gasteiger partial charge in [-0.15, -0.1) is 0 Å². The second-order valence-corrected chi connectivity index (χ2v) is 6.93. The molecule has 0 unspecified atom stereocenters. The van der Waals surface area contributed by atoms with Crippen molar-refractivity contribution in [3.63, 3.8) is 0 Å². The van der Waals surface area contributed by atoms with E-state index in [9.17, 15) is 4.79 Å². The average molecular weight is 302 g/mol. The van der Waals surface area contributed by atoms with Crippen LogP contribution in [-0.4, -0.2) is 32.8 Å². The summed E-state index contributed by atoms with van der Waals surface area (Å²) in [5.41, 5.74) is 3.62. The standard InChI is InChI=1S/C15H22N6O/c1-15(2,3)7-9-6-12(20-18-9)17-14(22)13-10-8-16-5-4-11(10)19-21-13/h6,16H,4-5,7-8H2,1-3H3,(H,19,21)(H2,17,18,20,22). The van der Waals surface area contributed by atoms with Gasteiger partial charge in [0.05, 0.1) is 0 Å². The molecule has 0 fully saturated rings. The zero-order chi connectivity index (χ0) is 15.7. The minimum Gasteiger partial charge on any atom is -0.312 e. The molecule has 2 aromatic heterocycles. The van der Waals surface area contributed by atoms with Crippen LogP contribution >= 0.6 is 0 Å². The number of hydrogen-bond donors (Lipinski definition) is 4. The lowest BCUT2D eigenvalue weighted by atomic mass is 9.91. The van der Waals surface area contributed by atoms with Crippen LogP contribution in [-0.2, 0) is 19.4 Å². The second kappa shape index (κ2) is 5.57. The number of carbonyl (C=O) groups excluding carboxylic acids is 1.